The molecule has 1 aliphatic heterocycles. The Bertz CT molecular complexity index is 1000. The number of fused-ring (bicyclic) bond motifs is 1. The second-order valence-corrected chi connectivity index (χ2v) is 7.81. The average Bonchev–Trinajstić information content (AvgIpc) is 3.11. The molecular weight excluding hydrogens is 346 g/mol. The highest BCUT2D eigenvalue weighted by Gasteiger charge is 2.31. The fourth-order valence-corrected chi connectivity index (χ4v) is 4.37. The summed E-state index contributed by atoms with van der Waals surface area (Å²) < 4.78 is 34.0. The predicted octanol–water partition coefficient (Wildman–Crippen LogP) is 0.144. The van der Waals surface area contributed by atoms with E-state index in [1.165, 1.54) is 0 Å². The Morgan fingerprint density at radius 3 is 2.84 bits per heavy atom. The number of sulfonamides is 1. The zero-order valence-corrected chi connectivity index (χ0v) is 14.6. The molecule has 4 heterocycles. The third-order valence-electron chi connectivity index (χ3n) is 4.23. The first-order valence-electron chi connectivity index (χ1n) is 7.78. The van der Waals surface area contributed by atoms with E-state index in [2.05, 4.69) is 30.1 Å². The molecule has 1 fully saturated rings. The molecule has 4 rings (SSSR count). The largest absolute Gasteiger partial charge is 0.360 e. The van der Waals surface area contributed by atoms with Gasteiger partial charge < -0.3 is 9.42 Å². The van der Waals surface area contributed by atoms with E-state index in [9.17, 15) is 8.42 Å². The lowest BCUT2D eigenvalue weighted by atomic mass is 10.0. The van der Waals surface area contributed by atoms with E-state index in [1.54, 1.807) is 24.7 Å². The Hall–Kier alpha value is -2.53. The minimum Gasteiger partial charge on any atom is -0.360 e. The van der Waals surface area contributed by atoms with Crippen molar-refractivity contribution >= 4 is 21.5 Å². The van der Waals surface area contributed by atoms with Crippen molar-refractivity contribution in [3.05, 3.63) is 29.9 Å². The van der Waals surface area contributed by atoms with Gasteiger partial charge in [0, 0.05) is 25.6 Å². The van der Waals surface area contributed by atoms with Crippen molar-refractivity contribution in [2.45, 2.75) is 18.7 Å². The van der Waals surface area contributed by atoms with Crippen LogP contribution in [0.3, 0.4) is 0 Å². The molecule has 0 atom stereocenters. The summed E-state index contributed by atoms with van der Waals surface area (Å²) in [5.41, 5.74) is 1.06. The van der Waals surface area contributed by atoms with E-state index in [4.69, 9.17) is 4.52 Å². The van der Waals surface area contributed by atoms with Crippen LogP contribution in [0, 0.1) is 19.8 Å². The van der Waals surface area contributed by atoms with Crippen molar-refractivity contribution in [2.75, 3.05) is 24.5 Å². The molecule has 3 aromatic heterocycles. The molecule has 0 aliphatic carbocycles. The van der Waals surface area contributed by atoms with Crippen molar-refractivity contribution in [1.29, 1.82) is 0 Å². The van der Waals surface area contributed by atoms with E-state index >= 15 is 0 Å². The topological polar surface area (TPSA) is 119 Å². The Morgan fingerprint density at radius 1 is 1.32 bits per heavy atom. The summed E-state index contributed by atoms with van der Waals surface area (Å²) >= 11 is 0. The molecule has 10 nitrogen and oxygen atoms in total. The quantitative estimate of drug-likeness (QED) is 0.680. The average molecular weight is 363 g/mol. The summed E-state index contributed by atoms with van der Waals surface area (Å²) in [6.07, 6.45) is 1.55. The number of aromatic nitrogens is 5. The summed E-state index contributed by atoms with van der Waals surface area (Å²) in [6, 6.07) is 3.73. The zero-order chi connectivity index (χ0) is 17.6. The van der Waals surface area contributed by atoms with Gasteiger partial charge in [-0.1, -0.05) is 5.16 Å². The summed E-state index contributed by atoms with van der Waals surface area (Å²) in [6.45, 7) is 5.02. The summed E-state index contributed by atoms with van der Waals surface area (Å²) in [4.78, 5) is 2.21. The number of nitrogens with zero attached hydrogens (tertiary/aromatic N) is 6. The lowest BCUT2D eigenvalue weighted by Crippen LogP contribution is -2.52. The number of nitrogens with one attached hydrogen (secondary N) is 1. The Kier molecular flexibility index (Phi) is 3.69. The van der Waals surface area contributed by atoms with Crippen LogP contribution in [0.2, 0.25) is 0 Å². The number of hydrogen-bond acceptors (Lipinski definition) is 8. The van der Waals surface area contributed by atoms with Crippen LogP contribution in [0.15, 0.2) is 27.9 Å². The van der Waals surface area contributed by atoms with Gasteiger partial charge >= 0.3 is 0 Å². The molecular formula is C14H17N7O3S. The Balaban J connectivity index is 1.37. The fourth-order valence-electron chi connectivity index (χ4n) is 2.93. The van der Waals surface area contributed by atoms with Gasteiger partial charge in [-0.15, -0.1) is 15.3 Å². The van der Waals surface area contributed by atoms with Crippen molar-refractivity contribution in [2.24, 2.45) is 5.92 Å². The summed E-state index contributed by atoms with van der Waals surface area (Å²) in [5.74, 6) is 1.33. The van der Waals surface area contributed by atoms with Crippen LogP contribution in [-0.4, -0.2) is 53.0 Å². The smallest absolute Gasteiger partial charge is 0.245 e. The highest BCUT2D eigenvalue weighted by molar-refractivity contribution is 7.89. The molecule has 11 heteroatoms. The first-order valence-corrected chi connectivity index (χ1v) is 9.27. The Morgan fingerprint density at radius 2 is 2.12 bits per heavy atom. The van der Waals surface area contributed by atoms with E-state index in [0.717, 1.165) is 18.9 Å². The predicted molar refractivity (Wildman–Crippen MR) is 87.7 cm³/mol. The Labute approximate surface area is 143 Å². The van der Waals surface area contributed by atoms with Gasteiger partial charge in [-0.3, -0.25) is 0 Å². The molecule has 132 valence electrons. The number of rotatable bonds is 5. The van der Waals surface area contributed by atoms with Crippen LogP contribution in [0.1, 0.15) is 11.5 Å². The van der Waals surface area contributed by atoms with Gasteiger partial charge in [-0.05, 0) is 26.0 Å². The fraction of sp³-hybridized carbons (Fsp3) is 0.429. The number of anilines is 1. The number of aryl methyl sites for hydroxylation is 2. The molecule has 1 N–H and O–H groups in total. The van der Waals surface area contributed by atoms with Crippen LogP contribution >= 0.6 is 0 Å². The second kappa shape index (κ2) is 5.77. The van der Waals surface area contributed by atoms with Crippen LogP contribution < -0.4 is 9.62 Å². The van der Waals surface area contributed by atoms with Crippen LogP contribution in [0.4, 0.5) is 5.82 Å². The van der Waals surface area contributed by atoms with Gasteiger partial charge in [-0.25, -0.2) is 13.1 Å². The minimum absolute atomic E-state index is 0.128. The first kappa shape index (κ1) is 16.0. The maximum Gasteiger partial charge on any atom is 0.245 e. The molecule has 0 amide bonds. The van der Waals surface area contributed by atoms with Crippen molar-refractivity contribution in [1.82, 2.24) is 29.7 Å². The van der Waals surface area contributed by atoms with E-state index < -0.39 is 10.0 Å². The van der Waals surface area contributed by atoms with Gasteiger partial charge in [0.05, 0.1) is 0 Å². The molecule has 0 bridgehead atoms. The van der Waals surface area contributed by atoms with Crippen LogP contribution in [-0.2, 0) is 10.0 Å². The first-order chi connectivity index (χ1) is 11.9. The third kappa shape index (κ3) is 2.85. The second-order valence-electron chi connectivity index (χ2n) is 6.10. The van der Waals surface area contributed by atoms with Crippen molar-refractivity contribution in [3.8, 4) is 0 Å². The highest BCUT2D eigenvalue weighted by Crippen LogP contribution is 2.23. The molecule has 3 aromatic rings. The standard InChI is InChI=1S/C14H17N7O3S/c1-9-14(10(2)24-19-9)25(22,23)16-5-11-6-20(7-11)13-4-3-12-17-15-8-21(12)18-13/h3-4,8,11,16H,5-7H2,1-2H3. The van der Waals surface area contributed by atoms with E-state index in [0.29, 0.717) is 23.6 Å². The molecule has 0 spiro atoms. The lowest BCUT2D eigenvalue weighted by molar-refractivity contribution is 0.390. The van der Waals surface area contributed by atoms with Crippen LogP contribution in [0.5, 0.6) is 0 Å². The number of hydrogen-bond donors (Lipinski definition) is 1. The van der Waals surface area contributed by atoms with Gasteiger partial charge in [-0.2, -0.15) is 4.52 Å². The maximum absolute atomic E-state index is 12.4. The van der Waals surface area contributed by atoms with Gasteiger partial charge in [0.2, 0.25) is 10.0 Å². The molecule has 0 aromatic carbocycles. The van der Waals surface area contributed by atoms with E-state index in [1.807, 2.05) is 12.1 Å². The highest BCUT2D eigenvalue weighted by atomic mass is 32.2. The molecule has 0 radical (unpaired) electrons. The normalized spacial score (nSPS) is 15.7. The lowest BCUT2D eigenvalue weighted by Gasteiger charge is -2.40. The monoisotopic (exact) mass is 363 g/mol. The van der Waals surface area contributed by atoms with Gasteiger partial charge in [0.15, 0.2) is 11.4 Å². The van der Waals surface area contributed by atoms with Crippen molar-refractivity contribution < 1.29 is 12.9 Å². The van der Waals surface area contributed by atoms with Crippen LogP contribution in [0.25, 0.3) is 5.65 Å². The SMILES string of the molecule is Cc1noc(C)c1S(=O)(=O)NCC1CN(c2ccc3nncn3n2)C1. The third-order valence-corrected chi connectivity index (χ3v) is 5.89. The van der Waals surface area contributed by atoms with Gasteiger partial charge in [0.1, 0.15) is 22.7 Å². The van der Waals surface area contributed by atoms with Crippen molar-refractivity contribution in [3.63, 3.8) is 0 Å². The minimum atomic E-state index is -3.61. The molecule has 1 aliphatic rings. The molecule has 0 saturated carbocycles. The maximum atomic E-state index is 12.4. The molecule has 1 saturated heterocycles. The van der Waals surface area contributed by atoms with E-state index in [-0.39, 0.29) is 10.8 Å². The summed E-state index contributed by atoms with van der Waals surface area (Å²) in [7, 11) is -3.61. The molecule has 25 heavy (non-hydrogen) atoms. The van der Waals surface area contributed by atoms with Gasteiger partial charge in [0.25, 0.3) is 0 Å². The summed E-state index contributed by atoms with van der Waals surface area (Å²) in [5, 5.41) is 15.8. The zero-order valence-electron chi connectivity index (χ0n) is 13.7. The molecule has 0 unspecified atom stereocenters.